The highest BCUT2D eigenvalue weighted by Gasteiger charge is 2.62. The number of hydrogen-bond donors (Lipinski definition) is 0. The average molecular weight is 232 g/mol. The predicted molar refractivity (Wildman–Crippen MR) is 55.1 cm³/mol. The summed E-state index contributed by atoms with van der Waals surface area (Å²) in [6, 6.07) is 0. The molecule has 0 bridgehead atoms. The maximum absolute atomic E-state index is 12.0. The van der Waals surface area contributed by atoms with Gasteiger partial charge in [-0.1, -0.05) is 0 Å². The first-order chi connectivity index (χ1) is 7.02. The number of sulfone groups is 1. The molecule has 0 unspecified atom stereocenters. The molecule has 2 rings (SSSR count). The number of esters is 1. The Hall–Kier alpha value is -0.580. The number of rotatable bonds is 5. The summed E-state index contributed by atoms with van der Waals surface area (Å²) in [4.78, 5) is 11.6. The molecule has 0 spiro atoms. The molecule has 2 aliphatic carbocycles. The normalized spacial score (nSPS) is 23.5. The van der Waals surface area contributed by atoms with Gasteiger partial charge in [0, 0.05) is 0 Å². The van der Waals surface area contributed by atoms with Crippen LogP contribution in [0.4, 0.5) is 0 Å². The lowest BCUT2D eigenvalue weighted by atomic mass is 10.4. The Labute approximate surface area is 89.9 Å². The van der Waals surface area contributed by atoms with Crippen LogP contribution < -0.4 is 0 Å². The second-order valence-corrected chi connectivity index (χ2v) is 6.78. The quantitative estimate of drug-likeness (QED) is 0.661. The highest BCUT2D eigenvalue weighted by molar-refractivity contribution is 7.93. The van der Waals surface area contributed by atoms with Gasteiger partial charge in [-0.15, -0.1) is 0 Å². The van der Waals surface area contributed by atoms with Crippen molar-refractivity contribution in [2.45, 2.75) is 37.4 Å². The van der Waals surface area contributed by atoms with Crippen LogP contribution in [0, 0.1) is 5.92 Å². The fourth-order valence-corrected chi connectivity index (χ4v) is 4.08. The van der Waals surface area contributed by atoms with Crippen molar-refractivity contribution in [3.05, 3.63) is 0 Å². The van der Waals surface area contributed by atoms with E-state index in [1.807, 2.05) is 0 Å². The highest BCUT2D eigenvalue weighted by Crippen LogP contribution is 2.47. The molecule has 0 atom stereocenters. The molecule has 5 heteroatoms. The molecule has 0 amide bonds. The Morgan fingerprint density at radius 1 is 1.40 bits per heavy atom. The van der Waals surface area contributed by atoms with Crippen molar-refractivity contribution in [3.63, 3.8) is 0 Å². The van der Waals surface area contributed by atoms with Gasteiger partial charge in [0.25, 0.3) is 0 Å². The summed E-state index contributed by atoms with van der Waals surface area (Å²) < 4.78 is 27.6. The zero-order chi connectivity index (χ0) is 11.1. The molecule has 2 fully saturated rings. The fraction of sp³-hybridized carbons (Fsp3) is 0.900. The molecule has 2 aliphatic rings. The molecule has 0 radical (unpaired) electrons. The third-order valence-corrected chi connectivity index (χ3v) is 5.77. The van der Waals surface area contributed by atoms with Crippen molar-refractivity contribution >= 4 is 15.8 Å². The highest BCUT2D eigenvalue weighted by atomic mass is 32.2. The van der Waals surface area contributed by atoms with Gasteiger partial charge in [0.15, 0.2) is 14.6 Å². The second-order valence-electron chi connectivity index (χ2n) is 4.44. The first-order valence-corrected chi connectivity index (χ1v) is 7.06. The van der Waals surface area contributed by atoms with Crippen LogP contribution in [-0.4, -0.2) is 31.5 Å². The third-order valence-electron chi connectivity index (χ3n) is 3.10. The Kier molecular flexibility index (Phi) is 2.53. The zero-order valence-electron chi connectivity index (χ0n) is 8.86. The Morgan fingerprint density at radius 3 is 2.40 bits per heavy atom. The summed E-state index contributed by atoms with van der Waals surface area (Å²) in [6.45, 7) is 1.95. The first-order valence-electron chi connectivity index (χ1n) is 5.41. The van der Waals surface area contributed by atoms with E-state index in [0.717, 1.165) is 12.8 Å². The van der Waals surface area contributed by atoms with E-state index >= 15 is 0 Å². The summed E-state index contributed by atoms with van der Waals surface area (Å²) in [7, 11) is -3.28. The third kappa shape index (κ3) is 1.89. The number of hydrogen-bond acceptors (Lipinski definition) is 4. The van der Waals surface area contributed by atoms with E-state index in [2.05, 4.69) is 0 Å². The minimum absolute atomic E-state index is 0.172. The van der Waals surface area contributed by atoms with Crippen LogP contribution in [0.2, 0.25) is 0 Å². The van der Waals surface area contributed by atoms with Crippen LogP contribution in [0.1, 0.15) is 32.6 Å². The number of carbonyl (C=O) groups excluding carboxylic acids is 1. The van der Waals surface area contributed by atoms with Crippen LogP contribution in [-0.2, 0) is 19.4 Å². The minimum atomic E-state index is -3.28. The van der Waals surface area contributed by atoms with Gasteiger partial charge in [-0.3, -0.25) is 4.79 Å². The molecule has 15 heavy (non-hydrogen) atoms. The smallest absolute Gasteiger partial charge is 0.327 e. The summed E-state index contributed by atoms with van der Waals surface area (Å²) in [5.41, 5.74) is 0. The van der Waals surface area contributed by atoms with Gasteiger partial charge in [-0.2, -0.15) is 0 Å². The van der Waals surface area contributed by atoms with Gasteiger partial charge in [0.05, 0.1) is 12.4 Å². The van der Waals surface area contributed by atoms with E-state index in [4.69, 9.17) is 4.74 Å². The molecule has 0 saturated heterocycles. The van der Waals surface area contributed by atoms with Crippen LogP contribution in [0.15, 0.2) is 0 Å². The van der Waals surface area contributed by atoms with Gasteiger partial charge in [-0.25, -0.2) is 8.42 Å². The van der Waals surface area contributed by atoms with Crippen LogP contribution in [0.5, 0.6) is 0 Å². The molecule has 0 aromatic heterocycles. The summed E-state index contributed by atoms with van der Waals surface area (Å²) in [5.74, 6) is -0.0706. The Morgan fingerprint density at radius 2 is 2.00 bits per heavy atom. The minimum Gasteiger partial charge on any atom is -0.465 e. The largest absolute Gasteiger partial charge is 0.465 e. The lowest BCUT2D eigenvalue weighted by Crippen LogP contribution is -2.36. The zero-order valence-corrected chi connectivity index (χ0v) is 9.68. The molecular formula is C10H16O4S. The molecular weight excluding hydrogens is 216 g/mol. The van der Waals surface area contributed by atoms with E-state index < -0.39 is 20.6 Å². The van der Waals surface area contributed by atoms with E-state index in [0.29, 0.717) is 18.8 Å². The SMILES string of the molecule is CCOC(=O)C1(S(=O)(=O)CC2CC2)CC1. The van der Waals surface area contributed by atoms with Crippen molar-refractivity contribution in [2.24, 2.45) is 5.92 Å². The first kappa shape index (κ1) is 10.9. The molecule has 0 aromatic carbocycles. The van der Waals surface area contributed by atoms with E-state index in [1.54, 1.807) is 6.92 Å². The molecule has 4 nitrogen and oxygen atoms in total. The molecule has 86 valence electrons. The summed E-state index contributed by atoms with van der Waals surface area (Å²) >= 11 is 0. The fourth-order valence-electron chi connectivity index (χ4n) is 1.77. The molecule has 0 aliphatic heterocycles. The van der Waals surface area contributed by atoms with Crippen LogP contribution in [0.3, 0.4) is 0 Å². The van der Waals surface area contributed by atoms with E-state index in [9.17, 15) is 13.2 Å². The number of carbonyl (C=O) groups is 1. The average Bonchev–Trinajstić information content (AvgIpc) is 2.98. The van der Waals surface area contributed by atoms with Gasteiger partial charge in [0.2, 0.25) is 0 Å². The monoisotopic (exact) mass is 232 g/mol. The second kappa shape index (κ2) is 3.47. The number of ether oxygens (including phenoxy) is 1. The van der Waals surface area contributed by atoms with Crippen molar-refractivity contribution in [3.8, 4) is 0 Å². The van der Waals surface area contributed by atoms with Crippen LogP contribution >= 0.6 is 0 Å². The van der Waals surface area contributed by atoms with E-state index in [-0.39, 0.29) is 12.4 Å². The van der Waals surface area contributed by atoms with Crippen LogP contribution in [0.25, 0.3) is 0 Å². The van der Waals surface area contributed by atoms with Crippen molar-refractivity contribution < 1.29 is 17.9 Å². The summed E-state index contributed by atoms with van der Waals surface area (Å²) in [6.07, 6.45) is 2.86. The van der Waals surface area contributed by atoms with Gasteiger partial charge < -0.3 is 4.74 Å². The van der Waals surface area contributed by atoms with Gasteiger partial charge in [-0.05, 0) is 38.5 Å². The maximum atomic E-state index is 12.0. The van der Waals surface area contributed by atoms with Crippen molar-refractivity contribution in [1.29, 1.82) is 0 Å². The predicted octanol–water partition coefficient (Wildman–Crippen LogP) is 0.907. The van der Waals surface area contributed by atoms with Gasteiger partial charge >= 0.3 is 5.97 Å². The van der Waals surface area contributed by atoms with E-state index in [1.165, 1.54) is 0 Å². The Balaban J connectivity index is 2.10. The standard InChI is InChI=1S/C10H16O4S/c1-2-14-9(11)10(5-6-10)15(12,13)7-8-3-4-8/h8H,2-7H2,1H3. The lowest BCUT2D eigenvalue weighted by molar-refractivity contribution is -0.143. The molecule has 0 heterocycles. The molecule has 2 saturated carbocycles. The van der Waals surface area contributed by atoms with Crippen molar-refractivity contribution in [2.75, 3.05) is 12.4 Å². The van der Waals surface area contributed by atoms with Crippen molar-refractivity contribution in [1.82, 2.24) is 0 Å². The topological polar surface area (TPSA) is 60.4 Å². The lowest BCUT2D eigenvalue weighted by Gasteiger charge is -2.14. The molecule has 0 aromatic rings. The summed E-state index contributed by atoms with van der Waals surface area (Å²) in [5, 5.41) is 0. The van der Waals surface area contributed by atoms with Gasteiger partial charge in [0.1, 0.15) is 0 Å². The Bertz CT molecular complexity index is 363. The molecule has 0 N–H and O–H groups in total. The maximum Gasteiger partial charge on any atom is 0.327 e.